The summed E-state index contributed by atoms with van der Waals surface area (Å²) in [5.74, 6) is -0.322. The Morgan fingerprint density at radius 1 is 1.27 bits per heavy atom. The molecular formula is C10H6F3NO. The minimum atomic E-state index is -4.70. The Balaban J connectivity index is 2.83. The first-order valence-electron chi connectivity index (χ1n) is 3.87. The topological polar surface area (TPSA) is 33.0 Å². The number of allylic oxidation sites excluding steroid dienone is 1. The number of benzene rings is 1. The third-order valence-electron chi connectivity index (χ3n) is 1.57. The van der Waals surface area contributed by atoms with Gasteiger partial charge in [-0.15, -0.1) is 13.2 Å². The van der Waals surface area contributed by atoms with E-state index >= 15 is 0 Å². The van der Waals surface area contributed by atoms with Gasteiger partial charge in [-0.1, -0.05) is 6.58 Å². The highest BCUT2D eigenvalue weighted by atomic mass is 19.4. The number of ether oxygens (including phenoxy) is 1. The van der Waals surface area contributed by atoms with E-state index in [1.807, 2.05) is 0 Å². The maximum atomic E-state index is 11.8. The molecule has 0 radical (unpaired) electrons. The number of nitrogens with zero attached hydrogens (tertiary/aromatic N) is 1. The van der Waals surface area contributed by atoms with E-state index in [1.54, 1.807) is 6.07 Å². The molecule has 78 valence electrons. The Kier molecular flexibility index (Phi) is 3.00. The van der Waals surface area contributed by atoms with Crippen LogP contribution in [-0.2, 0) is 0 Å². The summed E-state index contributed by atoms with van der Waals surface area (Å²) in [6, 6.07) is 6.73. The molecule has 0 bridgehead atoms. The van der Waals surface area contributed by atoms with Gasteiger partial charge in [0.2, 0.25) is 0 Å². The molecule has 1 rings (SSSR count). The standard InChI is InChI=1S/C10H6F3NO/c1-7(6-14)8-2-4-9(5-3-8)15-10(11,12)13/h2-5H,1H2. The Bertz CT molecular complexity index is 400. The molecule has 0 aliphatic carbocycles. The molecule has 0 atom stereocenters. The number of hydrogen-bond donors (Lipinski definition) is 0. The molecular weight excluding hydrogens is 207 g/mol. The second-order valence-electron chi connectivity index (χ2n) is 2.66. The lowest BCUT2D eigenvalue weighted by Crippen LogP contribution is -2.16. The van der Waals surface area contributed by atoms with Gasteiger partial charge in [-0.3, -0.25) is 0 Å². The summed E-state index contributed by atoms with van der Waals surface area (Å²) in [6.07, 6.45) is -4.70. The van der Waals surface area contributed by atoms with Crippen LogP contribution in [0.3, 0.4) is 0 Å². The van der Waals surface area contributed by atoms with Crippen LogP contribution in [0.2, 0.25) is 0 Å². The summed E-state index contributed by atoms with van der Waals surface area (Å²) < 4.78 is 39.0. The summed E-state index contributed by atoms with van der Waals surface area (Å²) in [7, 11) is 0. The normalized spacial score (nSPS) is 10.5. The molecule has 0 aliphatic heterocycles. The molecule has 0 spiro atoms. The fourth-order valence-electron chi connectivity index (χ4n) is 0.922. The summed E-state index contributed by atoms with van der Waals surface area (Å²) in [4.78, 5) is 0. The number of hydrogen-bond acceptors (Lipinski definition) is 2. The van der Waals surface area contributed by atoms with E-state index < -0.39 is 6.36 Å². The average molecular weight is 213 g/mol. The highest BCUT2D eigenvalue weighted by Gasteiger charge is 2.30. The Morgan fingerprint density at radius 3 is 2.20 bits per heavy atom. The first-order chi connectivity index (χ1) is 6.92. The van der Waals surface area contributed by atoms with Gasteiger partial charge in [-0.2, -0.15) is 5.26 Å². The SMILES string of the molecule is C=C(C#N)c1ccc(OC(F)(F)F)cc1. The van der Waals surface area contributed by atoms with Crippen LogP contribution in [0.15, 0.2) is 30.8 Å². The number of rotatable bonds is 2. The van der Waals surface area contributed by atoms with E-state index in [1.165, 1.54) is 12.1 Å². The van der Waals surface area contributed by atoms with Crippen molar-refractivity contribution >= 4 is 5.57 Å². The Morgan fingerprint density at radius 2 is 1.80 bits per heavy atom. The quantitative estimate of drug-likeness (QED) is 0.707. The summed E-state index contributed by atoms with van der Waals surface area (Å²) in [5, 5.41) is 8.48. The van der Waals surface area contributed by atoms with Crippen LogP contribution in [-0.4, -0.2) is 6.36 Å². The number of nitriles is 1. The molecule has 0 aliphatic rings. The molecule has 0 N–H and O–H groups in total. The van der Waals surface area contributed by atoms with Gasteiger partial charge in [0.05, 0.1) is 11.6 Å². The third kappa shape index (κ3) is 3.35. The zero-order chi connectivity index (χ0) is 11.5. The van der Waals surface area contributed by atoms with Crippen molar-refractivity contribution in [2.24, 2.45) is 0 Å². The van der Waals surface area contributed by atoms with Crippen LogP contribution in [0.5, 0.6) is 5.75 Å². The lowest BCUT2D eigenvalue weighted by atomic mass is 10.1. The zero-order valence-electron chi connectivity index (χ0n) is 7.51. The Labute approximate surface area is 84.2 Å². The van der Waals surface area contributed by atoms with Gasteiger partial charge >= 0.3 is 6.36 Å². The monoisotopic (exact) mass is 213 g/mol. The van der Waals surface area contributed by atoms with Crippen LogP contribution >= 0.6 is 0 Å². The molecule has 0 heterocycles. The second kappa shape index (κ2) is 4.05. The van der Waals surface area contributed by atoms with Gasteiger partial charge in [0, 0.05) is 0 Å². The molecule has 5 heteroatoms. The second-order valence-corrected chi connectivity index (χ2v) is 2.66. The van der Waals surface area contributed by atoms with Crippen molar-refractivity contribution in [1.29, 1.82) is 5.26 Å². The van der Waals surface area contributed by atoms with Crippen LogP contribution in [0.25, 0.3) is 5.57 Å². The van der Waals surface area contributed by atoms with Gasteiger partial charge in [0.25, 0.3) is 0 Å². The highest BCUT2D eigenvalue weighted by Crippen LogP contribution is 2.23. The maximum absolute atomic E-state index is 11.8. The smallest absolute Gasteiger partial charge is 0.406 e. The first-order valence-corrected chi connectivity index (χ1v) is 3.87. The maximum Gasteiger partial charge on any atom is 0.573 e. The van der Waals surface area contributed by atoms with Crippen molar-refractivity contribution in [2.75, 3.05) is 0 Å². The lowest BCUT2D eigenvalue weighted by molar-refractivity contribution is -0.274. The minimum Gasteiger partial charge on any atom is -0.406 e. The molecule has 0 amide bonds. The van der Waals surface area contributed by atoms with Crippen molar-refractivity contribution in [1.82, 2.24) is 0 Å². The summed E-state index contributed by atoms with van der Waals surface area (Å²) >= 11 is 0. The van der Waals surface area contributed by atoms with Gasteiger partial charge in [0.1, 0.15) is 5.75 Å². The van der Waals surface area contributed by atoms with Crippen LogP contribution in [0, 0.1) is 11.3 Å². The molecule has 0 fully saturated rings. The molecule has 0 saturated carbocycles. The fraction of sp³-hybridized carbons (Fsp3) is 0.100. The van der Waals surface area contributed by atoms with Crippen molar-refractivity contribution in [3.05, 3.63) is 36.4 Å². The van der Waals surface area contributed by atoms with Gasteiger partial charge < -0.3 is 4.74 Å². The van der Waals surface area contributed by atoms with Crippen LogP contribution < -0.4 is 4.74 Å². The number of halogens is 3. The van der Waals surface area contributed by atoms with E-state index in [9.17, 15) is 13.2 Å². The molecule has 0 saturated heterocycles. The fourth-order valence-corrected chi connectivity index (χ4v) is 0.922. The predicted molar refractivity (Wildman–Crippen MR) is 47.8 cm³/mol. The van der Waals surface area contributed by atoms with Crippen molar-refractivity contribution in [3.8, 4) is 11.8 Å². The molecule has 1 aromatic rings. The molecule has 1 aromatic carbocycles. The largest absolute Gasteiger partial charge is 0.573 e. The van der Waals surface area contributed by atoms with Crippen molar-refractivity contribution in [3.63, 3.8) is 0 Å². The van der Waals surface area contributed by atoms with E-state index in [2.05, 4.69) is 11.3 Å². The van der Waals surface area contributed by atoms with E-state index in [0.29, 0.717) is 5.56 Å². The van der Waals surface area contributed by atoms with Crippen molar-refractivity contribution < 1.29 is 17.9 Å². The molecule has 0 unspecified atom stereocenters. The zero-order valence-corrected chi connectivity index (χ0v) is 7.51. The lowest BCUT2D eigenvalue weighted by Gasteiger charge is -2.08. The first kappa shape index (κ1) is 11.1. The molecule has 2 nitrogen and oxygen atoms in total. The Hall–Kier alpha value is -1.96. The minimum absolute atomic E-state index is 0.188. The number of alkyl halides is 3. The van der Waals surface area contributed by atoms with Gasteiger partial charge in [-0.05, 0) is 29.8 Å². The summed E-state index contributed by atoms with van der Waals surface area (Å²) in [5.41, 5.74) is 0.653. The molecule has 15 heavy (non-hydrogen) atoms. The van der Waals surface area contributed by atoms with Crippen molar-refractivity contribution in [2.45, 2.75) is 6.36 Å². The summed E-state index contributed by atoms with van der Waals surface area (Å²) in [6.45, 7) is 3.42. The van der Waals surface area contributed by atoms with E-state index in [-0.39, 0.29) is 11.3 Å². The predicted octanol–water partition coefficient (Wildman–Crippen LogP) is 3.12. The molecule has 0 aromatic heterocycles. The van der Waals surface area contributed by atoms with Gasteiger partial charge in [-0.25, -0.2) is 0 Å². The van der Waals surface area contributed by atoms with E-state index in [0.717, 1.165) is 12.1 Å². The van der Waals surface area contributed by atoms with E-state index in [4.69, 9.17) is 5.26 Å². The third-order valence-corrected chi connectivity index (χ3v) is 1.57. The van der Waals surface area contributed by atoms with Crippen LogP contribution in [0.1, 0.15) is 5.56 Å². The average Bonchev–Trinajstić information content (AvgIpc) is 2.15. The van der Waals surface area contributed by atoms with Crippen LogP contribution in [0.4, 0.5) is 13.2 Å². The highest BCUT2D eigenvalue weighted by molar-refractivity contribution is 5.74. The van der Waals surface area contributed by atoms with Gasteiger partial charge in [0.15, 0.2) is 0 Å².